The fraction of sp³-hybridized carbons (Fsp3) is 0.556. The van der Waals surface area contributed by atoms with E-state index in [0.29, 0.717) is 24.6 Å². The summed E-state index contributed by atoms with van der Waals surface area (Å²) in [5.74, 6) is 1.36. The van der Waals surface area contributed by atoms with Crippen molar-refractivity contribution in [2.75, 3.05) is 26.2 Å². The van der Waals surface area contributed by atoms with Crippen molar-refractivity contribution in [1.82, 2.24) is 10.6 Å². The standard InChI is InChI=1S/C18H26N2O3.ClH/c1-2-23-16-5-3-15(4-6-16)17(21)7-8-18(22)20-12-10-14-9-11-19-13-14;/h3-6,14,19H,2,7-13H2,1H3,(H,20,22);1H. The van der Waals surface area contributed by atoms with E-state index in [1.807, 2.05) is 6.92 Å². The Morgan fingerprint density at radius 2 is 2.00 bits per heavy atom. The zero-order valence-electron chi connectivity index (χ0n) is 14.2. The highest BCUT2D eigenvalue weighted by atomic mass is 35.5. The zero-order valence-corrected chi connectivity index (χ0v) is 15.0. The Balaban J connectivity index is 0.00000288. The van der Waals surface area contributed by atoms with E-state index in [4.69, 9.17) is 4.74 Å². The molecule has 2 N–H and O–H groups in total. The van der Waals surface area contributed by atoms with Crippen LogP contribution in [0.25, 0.3) is 0 Å². The van der Waals surface area contributed by atoms with Gasteiger partial charge in [0.15, 0.2) is 5.78 Å². The molecule has 24 heavy (non-hydrogen) atoms. The number of ketones is 1. The molecule has 1 aromatic rings. The van der Waals surface area contributed by atoms with Crippen molar-refractivity contribution in [2.45, 2.75) is 32.6 Å². The minimum absolute atomic E-state index is 0. The smallest absolute Gasteiger partial charge is 0.220 e. The molecule has 1 aliphatic heterocycles. The maximum absolute atomic E-state index is 12.1. The molecule has 1 aliphatic rings. The number of rotatable bonds is 9. The average molecular weight is 355 g/mol. The summed E-state index contributed by atoms with van der Waals surface area (Å²) in [5.41, 5.74) is 0.623. The average Bonchev–Trinajstić information content (AvgIpc) is 3.07. The fourth-order valence-corrected chi connectivity index (χ4v) is 2.74. The number of carbonyl (C=O) groups is 2. The van der Waals surface area contributed by atoms with Gasteiger partial charge in [0, 0.05) is 24.9 Å². The van der Waals surface area contributed by atoms with E-state index in [9.17, 15) is 9.59 Å². The van der Waals surface area contributed by atoms with Crippen LogP contribution in [0, 0.1) is 5.92 Å². The third-order valence-electron chi connectivity index (χ3n) is 4.10. The number of carbonyl (C=O) groups excluding carboxylic acids is 2. The van der Waals surface area contributed by atoms with Crippen molar-refractivity contribution in [3.05, 3.63) is 29.8 Å². The normalized spacial score (nSPS) is 16.3. The van der Waals surface area contributed by atoms with Crippen molar-refractivity contribution < 1.29 is 14.3 Å². The summed E-state index contributed by atoms with van der Waals surface area (Å²) in [5, 5.41) is 6.22. The molecule has 0 saturated carbocycles. The van der Waals surface area contributed by atoms with Crippen molar-refractivity contribution in [3.8, 4) is 5.75 Å². The third kappa shape index (κ3) is 6.89. The molecule has 1 saturated heterocycles. The molecule has 0 aliphatic carbocycles. The minimum atomic E-state index is -0.0461. The van der Waals surface area contributed by atoms with Gasteiger partial charge >= 0.3 is 0 Å². The topological polar surface area (TPSA) is 67.4 Å². The van der Waals surface area contributed by atoms with E-state index in [1.54, 1.807) is 24.3 Å². The lowest BCUT2D eigenvalue weighted by Gasteiger charge is -2.09. The molecule has 1 atom stereocenters. The van der Waals surface area contributed by atoms with E-state index in [1.165, 1.54) is 6.42 Å². The molecule has 0 radical (unpaired) electrons. The van der Waals surface area contributed by atoms with Crippen LogP contribution in [0.3, 0.4) is 0 Å². The number of hydrogen-bond donors (Lipinski definition) is 2. The maximum Gasteiger partial charge on any atom is 0.220 e. The number of nitrogens with one attached hydrogen (secondary N) is 2. The fourth-order valence-electron chi connectivity index (χ4n) is 2.74. The predicted molar refractivity (Wildman–Crippen MR) is 97.0 cm³/mol. The lowest BCUT2D eigenvalue weighted by molar-refractivity contribution is -0.121. The molecular weight excluding hydrogens is 328 g/mol. The van der Waals surface area contributed by atoms with Gasteiger partial charge in [-0.2, -0.15) is 0 Å². The van der Waals surface area contributed by atoms with E-state index in [-0.39, 0.29) is 36.9 Å². The summed E-state index contributed by atoms with van der Waals surface area (Å²) in [6.45, 7) is 5.34. The zero-order chi connectivity index (χ0) is 16.5. The second-order valence-corrected chi connectivity index (χ2v) is 5.88. The molecule has 1 aromatic carbocycles. The summed E-state index contributed by atoms with van der Waals surface area (Å²) in [6, 6.07) is 7.07. The molecular formula is C18H27ClN2O3. The largest absolute Gasteiger partial charge is 0.494 e. The number of halogens is 1. The summed E-state index contributed by atoms with van der Waals surface area (Å²) in [6.07, 6.45) is 2.68. The number of hydrogen-bond acceptors (Lipinski definition) is 4. The van der Waals surface area contributed by atoms with E-state index < -0.39 is 0 Å². The van der Waals surface area contributed by atoms with Gasteiger partial charge in [0.05, 0.1) is 6.61 Å². The highest BCUT2D eigenvalue weighted by molar-refractivity contribution is 5.98. The van der Waals surface area contributed by atoms with Gasteiger partial charge in [0.25, 0.3) is 0 Å². The second-order valence-electron chi connectivity index (χ2n) is 5.88. The predicted octanol–water partition coefficient (Wildman–Crippen LogP) is 2.59. The molecule has 1 unspecified atom stereocenters. The van der Waals surface area contributed by atoms with Crippen LogP contribution >= 0.6 is 12.4 Å². The lowest BCUT2D eigenvalue weighted by atomic mass is 10.0. The van der Waals surface area contributed by atoms with Gasteiger partial charge in [-0.3, -0.25) is 9.59 Å². The number of amides is 1. The Morgan fingerprint density at radius 3 is 2.62 bits per heavy atom. The Kier molecular flexibility index (Phi) is 9.42. The van der Waals surface area contributed by atoms with Crippen molar-refractivity contribution in [2.24, 2.45) is 5.92 Å². The first-order valence-electron chi connectivity index (χ1n) is 8.42. The van der Waals surface area contributed by atoms with Crippen molar-refractivity contribution in [1.29, 1.82) is 0 Å². The molecule has 1 amide bonds. The van der Waals surface area contributed by atoms with Gasteiger partial charge < -0.3 is 15.4 Å². The van der Waals surface area contributed by atoms with Gasteiger partial charge in [-0.05, 0) is 63.0 Å². The molecule has 0 bridgehead atoms. The first-order chi connectivity index (χ1) is 11.2. The first kappa shape index (κ1) is 20.5. The molecule has 2 rings (SSSR count). The van der Waals surface area contributed by atoms with Crippen molar-refractivity contribution >= 4 is 24.1 Å². The van der Waals surface area contributed by atoms with E-state index in [2.05, 4.69) is 10.6 Å². The third-order valence-corrected chi connectivity index (χ3v) is 4.10. The van der Waals surface area contributed by atoms with Gasteiger partial charge in [-0.1, -0.05) is 0 Å². The summed E-state index contributed by atoms with van der Waals surface area (Å²) in [4.78, 5) is 23.9. The number of Topliss-reactive ketones (excluding diaryl/α,β-unsaturated/α-hetero) is 1. The van der Waals surface area contributed by atoms with Crippen LogP contribution in [0.15, 0.2) is 24.3 Å². The maximum atomic E-state index is 12.1. The molecule has 5 nitrogen and oxygen atoms in total. The highest BCUT2D eigenvalue weighted by Crippen LogP contribution is 2.14. The SMILES string of the molecule is CCOc1ccc(C(=O)CCC(=O)NCCC2CCNC2)cc1.Cl. The summed E-state index contributed by atoms with van der Waals surface area (Å²) in [7, 11) is 0. The van der Waals surface area contributed by atoms with Gasteiger partial charge in [0.2, 0.25) is 5.91 Å². The molecule has 1 heterocycles. The van der Waals surface area contributed by atoms with Gasteiger partial charge in [-0.25, -0.2) is 0 Å². The Labute approximate surface area is 149 Å². The van der Waals surface area contributed by atoms with Gasteiger partial charge in [0.1, 0.15) is 5.75 Å². The number of ether oxygens (including phenoxy) is 1. The molecule has 134 valence electrons. The Hall–Kier alpha value is -1.59. The van der Waals surface area contributed by atoms with E-state index >= 15 is 0 Å². The van der Waals surface area contributed by atoms with Crippen LogP contribution in [0.4, 0.5) is 0 Å². The van der Waals surface area contributed by atoms with E-state index in [0.717, 1.165) is 25.3 Å². The quantitative estimate of drug-likeness (QED) is 0.669. The lowest BCUT2D eigenvalue weighted by Crippen LogP contribution is -2.26. The first-order valence-corrected chi connectivity index (χ1v) is 8.42. The Bertz CT molecular complexity index is 514. The van der Waals surface area contributed by atoms with Crippen LogP contribution in [0.1, 0.15) is 43.0 Å². The molecule has 1 fully saturated rings. The number of benzene rings is 1. The monoisotopic (exact) mass is 354 g/mol. The summed E-state index contributed by atoms with van der Waals surface area (Å²) >= 11 is 0. The molecule has 6 heteroatoms. The van der Waals surface area contributed by atoms with Crippen LogP contribution < -0.4 is 15.4 Å². The van der Waals surface area contributed by atoms with Crippen molar-refractivity contribution in [3.63, 3.8) is 0 Å². The second kappa shape index (κ2) is 11.0. The highest BCUT2D eigenvalue weighted by Gasteiger charge is 2.14. The van der Waals surface area contributed by atoms with Crippen LogP contribution in [-0.4, -0.2) is 37.9 Å². The van der Waals surface area contributed by atoms with Crippen LogP contribution in [0.5, 0.6) is 5.75 Å². The molecule has 0 spiro atoms. The van der Waals surface area contributed by atoms with Gasteiger partial charge in [-0.15, -0.1) is 12.4 Å². The molecule has 0 aromatic heterocycles. The van der Waals surface area contributed by atoms with Crippen LogP contribution in [-0.2, 0) is 4.79 Å². The van der Waals surface area contributed by atoms with Crippen LogP contribution in [0.2, 0.25) is 0 Å². The summed E-state index contributed by atoms with van der Waals surface area (Å²) < 4.78 is 5.35. The minimum Gasteiger partial charge on any atom is -0.494 e. The Morgan fingerprint density at radius 1 is 1.25 bits per heavy atom.